The van der Waals surface area contributed by atoms with Crippen LogP contribution in [-0.2, 0) is 6.42 Å². The van der Waals surface area contributed by atoms with Crippen molar-refractivity contribution in [2.45, 2.75) is 47.0 Å². The first-order chi connectivity index (χ1) is 6.63. The van der Waals surface area contributed by atoms with Gasteiger partial charge in [0.25, 0.3) is 0 Å². The fourth-order valence-corrected chi connectivity index (χ4v) is 2.05. The van der Waals surface area contributed by atoms with E-state index in [1.165, 1.54) is 36.0 Å². The minimum absolute atomic E-state index is 0.821. The van der Waals surface area contributed by atoms with Crippen molar-refractivity contribution in [2.75, 3.05) is 0 Å². The molecule has 0 bridgehead atoms. The quantitative estimate of drug-likeness (QED) is 0.664. The van der Waals surface area contributed by atoms with E-state index in [2.05, 4.69) is 45.9 Å². The summed E-state index contributed by atoms with van der Waals surface area (Å²) in [6.07, 6.45) is 3.87. The third-order valence-corrected chi connectivity index (χ3v) is 2.85. The van der Waals surface area contributed by atoms with Gasteiger partial charge >= 0.3 is 0 Å². The van der Waals surface area contributed by atoms with Crippen LogP contribution >= 0.6 is 0 Å². The zero-order valence-corrected chi connectivity index (χ0v) is 9.93. The lowest BCUT2D eigenvalue weighted by molar-refractivity contribution is 0.521. The van der Waals surface area contributed by atoms with Crippen LogP contribution in [0.5, 0.6) is 0 Å². The molecule has 0 heterocycles. The Kier molecular flexibility index (Phi) is 4.19. The molecule has 0 radical (unpaired) electrons. The molecule has 0 saturated carbocycles. The SMILES string of the molecule is CCC[C@@H](C)Cc1ccc(C)cc1C. The predicted octanol–water partition coefficient (Wildman–Crippen LogP) is 4.28. The highest BCUT2D eigenvalue weighted by Gasteiger charge is 2.04. The van der Waals surface area contributed by atoms with Crippen molar-refractivity contribution < 1.29 is 0 Å². The smallest absolute Gasteiger partial charge is 0.0250 e. The van der Waals surface area contributed by atoms with Gasteiger partial charge in [-0.05, 0) is 37.3 Å². The van der Waals surface area contributed by atoms with Crippen molar-refractivity contribution in [1.82, 2.24) is 0 Å². The maximum atomic E-state index is 2.35. The lowest BCUT2D eigenvalue weighted by Gasteiger charge is -2.12. The van der Waals surface area contributed by atoms with Crippen LogP contribution in [0.3, 0.4) is 0 Å². The first kappa shape index (κ1) is 11.3. The van der Waals surface area contributed by atoms with Gasteiger partial charge in [0.05, 0.1) is 0 Å². The molecule has 0 aliphatic heterocycles. The Balaban J connectivity index is 2.67. The van der Waals surface area contributed by atoms with E-state index < -0.39 is 0 Å². The molecule has 0 fully saturated rings. The topological polar surface area (TPSA) is 0 Å². The van der Waals surface area contributed by atoms with E-state index in [9.17, 15) is 0 Å². The van der Waals surface area contributed by atoms with E-state index in [1.807, 2.05) is 0 Å². The highest BCUT2D eigenvalue weighted by Crippen LogP contribution is 2.17. The van der Waals surface area contributed by atoms with Gasteiger partial charge in [0.15, 0.2) is 0 Å². The van der Waals surface area contributed by atoms with Crippen LogP contribution in [0.25, 0.3) is 0 Å². The van der Waals surface area contributed by atoms with Crippen molar-refractivity contribution in [2.24, 2.45) is 5.92 Å². The Morgan fingerprint density at radius 2 is 1.93 bits per heavy atom. The van der Waals surface area contributed by atoms with Gasteiger partial charge < -0.3 is 0 Å². The normalized spacial score (nSPS) is 12.9. The van der Waals surface area contributed by atoms with Crippen LogP contribution in [0, 0.1) is 19.8 Å². The van der Waals surface area contributed by atoms with Crippen molar-refractivity contribution >= 4 is 0 Å². The molecule has 14 heavy (non-hydrogen) atoms. The van der Waals surface area contributed by atoms with Crippen LogP contribution in [-0.4, -0.2) is 0 Å². The molecular weight excluding hydrogens is 168 g/mol. The summed E-state index contributed by atoms with van der Waals surface area (Å²) < 4.78 is 0. The van der Waals surface area contributed by atoms with E-state index in [0.717, 1.165) is 5.92 Å². The van der Waals surface area contributed by atoms with Crippen LogP contribution in [0.1, 0.15) is 43.4 Å². The minimum Gasteiger partial charge on any atom is -0.0654 e. The second kappa shape index (κ2) is 5.19. The summed E-state index contributed by atoms with van der Waals surface area (Å²) in [5.41, 5.74) is 4.35. The second-order valence-electron chi connectivity index (χ2n) is 4.53. The fraction of sp³-hybridized carbons (Fsp3) is 0.571. The third kappa shape index (κ3) is 3.17. The standard InChI is InChI=1S/C14H22/c1-5-6-11(2)10-14-8-7-12(3)9-13(14)4/h7-9,11H,5-6,10H2,1-4H3/t11-/m1/s1. The first-order valence-corrected chi connectivity index (χ1v) is 5.69. The van der Waals surface area contributed by atoms with Crippen LogP contribution in [0.2, 0.25) is 0 Å². The van der Waals surface area contributed by atoms with Gasteiger partial charge in [0, 0.05) is 0 Å². The fourth-order valence-electron chi connectivity index (χ4n) is 2.05. The Morgan fingerprint density at radius 1 is 1.21 bits per heavy atom. The summed E-state index contributed by atoms with van der Waals surface area (Å²) in [5, 5.41) is 0. The molecule has 78 valence electrons. The first-order valence-electron chi connectivity index (χ1n) is 5.69. The number of hydrogen-bond donors (Lipinski definition) is 0. The highest BCUT2D eigenvalue weighted by molar-refractivity contribution is 5.30. The number of aryl methyl sites for hydroxylation is 2. The molecule has 0 spiro atoms. The average molecular weight is 190 g/mol. The molecule has 1 rings (SSSR count). The predicted molar refractivity (Wildman–Crippen MR) is 63.7 cm³/mol. The van der Waals surface area contributed by atoms with Gasteiger partial charge in [-0.2, -0.15) is 0 Å². The summed E-state index contributed by atoms with van der Waals surface area (Å²) >= 11 is 0. The molecule has 1 atom stereocenters. The molecule has 0 amide bonds. The molecular formula is C14H22. The van der Waals surface area contributed by atoms with E-state index in [4.69, 9.17) is 0 Å². The summed E-state index contributed by atoms with van der Waals surface area (Å²) in [4.78, 5) is 0. The summed E-state index contributed by atoms with van der Waals surface area (Å²) in [7, 11) is 0. The minimum atomic E-state index is 0.821. The average Bonchev–Trinajstić information content (AvgIpc) is 2.10. The van der Waals surface area contributed by atoms with Gasteiger partial charge in [0.2, 0.25) is 0 Å². The van der Waals surface area contributed by atoms with Gasteiger partial charge in [-0.15, -0.1) is 0 Å². The molecule has 0 saturated heterocycles. The van der Waals surface area contributed by atoms with Crippen molar-refractivity contribution in [3.05, 3.63) is 34.9 Å². The molecule has 0 unspecified atom stereocenters. The molecule has 0 nitrogen and oxygen atoms in total. The molecule has 1 aromatic carbocycles. The summed E-state index contributed by atoms with van der Waals surface area (Å²) in [6.45, 7) is 8.99. The molecule has 0 aliphatic rings. The molecule has 0 heteroatoms. The second-order valence-corrected chi connectivity index (χ2v) is 4.53. The Bertz CT molecular complexity index is 286. The van der Waals surface area contributed by atoms with Crippen molar-refractivity contribution in [1.29, 1.82) is 0 Å². The Labute approximate surface area is 88.4 Å². The van der Waals surface area contributed by atoms with Crippen molar-refractivity contribution in [3.8, 4) is 0 Å². The van der Waals surface area contributed by atoms with Crippen LogP contribution in [0.15, 0.2) is 18.2 Å². The lowest BCUT2D eigenvalue weighted by Crippen LogP contribution is -2.01. The maximum Gasteiger partial charge on any atom is -0.0250 e. The van der Waals surface area contributed by atoms with Gasteiger partial charge in [0.1, 0.15) is 0 Å². The van der Waals surface area contributed by atoms with Crippen LogP contribution in [0.4, 0.5) is 0 Å². The van der Waals surface area contributed by atoms with E-state index in [0.29, 0.717) is 0 Å². The van der Waals surface area contributed by atoms with E-state index in [-0.39, 0.29) is 0 Å². The molecule has 0 aliphatic carbocycles. The zero-order valence-electron chi connectivity index (χ0n) is 9.93. The van der Waals surface area contributed by atoms with E-state index >= 15 is 0 Å². The Morgan fingerprint density at radius 3 is 2.50 bits per heavy atom. The van der Waals surface area contributed by atoms with Gasteiger partial charge in [-0.25, -0.2) is 0 Å². The van der Waals surface area contributed by atoms with Gasteiger partial charge in [-0.3, -0.25) is 0 Å². The van der Waals surface area contributed by atoms with Crippen LogP contribution < -0.4 is 0 Å². The number of hydrogen-bond acceptors (Lipinski definition) is 0. The molecule has 0 aromatic heterocycles. The molecule has 1 aromatic rings. The highest BCUT2D eigenvalue weighted by atomic mass is 14.1. The summed E-state index contributed by atoms with van der Waals surface area (Å²) in [5.74, 6) is 0.821. The lowest BCUT2D eigenvalue weighted by atomic mass is 9.93. The third-order valence-electron chi connectivity index (χ3n) is 2.85. The number of benzene rings is 1. The maximum absolute atomic E-state index is 2.35. The largest absolute Gasteiger partial charge is 0.0654 e. The monoisotopic (exact) mass is 190 g/mol. The molecule has 0 N–H and O–H groups in total. The van der Waals surface area contributed by atoms with Gasteiger partial charge in [-0.1, -0.05) is 50.5 Å². The van der Waals surface area contributed by atoms with E-state index in [1.54, 1.807) is 0 Å². The zero-order chi connectivity index (χ0) is 10.6. The number of rotatable bonds is 4. The van der Waals surface area contributed by atoms with Crippen molar-refractivity contribution in [3.63, 3.8) is 0 Å². The Hall–Kier alpha value is -0.780. The summed E-state index contributed by atoms with van der Waals surface area (Å²) in [6, 6.07) is 6.80.